The molecule has 2 N–H and O–H groups in total. The summed E-state index contributed by atoms with van der Waals surface area (Å²) < 4.78 is 4.96. The fraction of sp³-hybridized carbons (Fsp3) is 0.263. The highest BCUT2D eigenvalue weighted by Gasteiger charge is 2.13. The lowest BCUT2D eigenvalue weighted by Crippen LogP contribution is -2.31. The number of amides is 1. The lowest BCUT2D eigenvalue weighted by Gasteiger charge is -2.15. The summed E-state index contributed by atoms with van der Waals surface area (Å²) in [5.74, 6) is -1.06. The monoisotopic (exact) mass is 327 g/mol. The van der Waals surface area contributed by atoms with Crippen molar-refractivity contribution in [3.05, 3.63) is 65.2 Å². The Morgan fingerprint density at radius 3 is 2.50 bits per heavy atom. The zero-order valence-corrected chi connectivity index (χ0v) is 13.8. The van der Waals surface area contributed by atoms with Gasteiger partial charge in [0.2, 0.25) is 0 Å². The van der Waals surface area contributed by atoms with Crippen LogP contribution in [0.15, 0.2) is 48.5 Å². The first-order valence-corrected chi connectivity index (χ1v) is 7.84. The maximum Gasteiger partial charge on any atom is 0.338 e. The summed E-state index contributed by atoms with van der Waals surface area (Å²) in [5.41, 5.74) is 2.42. The van der Waals surface area contributed by atoms with Crippen LogP contribution in [0.3, 0.4) is 0 Å². The smallest absolute Gasteiger partial charge is 0.338 e. The fourth-order valence-electron chi connectivity index (χ4n) is 2.26. The van der Waals surface area contributed by atoms with Gasteiger partial charge in [0.1, 0.15) is 5.75 Å². The standard InChI is InChI=1S/C19H21NO4/c1-3-14-7-9-15(10-8-14)13(2)20-18(22)12-24-19(23)16-5-4-6-17(21)11-16/h4-11,13,21H,3,12H2,1-2H3,(H,20,22)/t13-/m0/s1. The number of esters is 1. The van der Waals surface area contributed by atoms with Crippen LogP contribution in [0.4, 0.5) is 0 Å². The second-order valence-corrected chi connectivity index (χ2v) is 5.51. The number of carbonyl (C=O) groups is 2. The Morgan fingerprint density at radius 2 is 1.88 bits per heavy atom. The first-order chi connectivity index (χ1) is 11.5. The number of hydrogen-bond donors (Lipinski definition) is 2. The van der Waals surface area contributed by atoms with Crippen LogP contribution in [0.1, 0.15) is 41.4 Å². The summed E-state index contributed by atoms with van der Waals surface area (Å²) in [6, 6.07) is 13.6. The first-order valence-electron chi connectivity index (χ1n) is 7.84. The minimum atomic E-state index is -0.652. The molecule has 1 atom stereocenters. The van der Waals surface area contributed by atoms with Gasteiger partial charge < -0.3 is 15.2 Å². The molecule has 5 nitrogen and oxygen atoms in total. The van der Waals surface area contributed by atoms with E-state index in [1.54, 1.807) is 0 Å². The van der Waals surface area contributed by atoms with Crippen LogP contribution >= 0.6 is 0 Å². The van der Waals surface area contributed by atoms with Crippen LogP contribution in [-0.2, 0) is 16.0 Å². The van der Waals surface area contributed by atoms with Crippen molar-refractivity contribution in [2.24, 2.45) is 0 Å². The van der Waals surface area contributed by atoms with Gasteiger partial charge in [0.15, 0.2) is 6.61 Å². The Kier molecular flexibility index (Phi) is 5.95. The summed E-state index contributed by atoms with van der Waals surface area (Å²) in [7, 11) is 0. The maximum absolute atomic E-state index is 11.9. The van der Waals surface area contributed by atoms with Gasteiger partial charge in [-0.05, 0) is 42.7 Å². The van der Waals surface area contributed by atoms with Gasteiger partial charge in [0, 0.05) is 0 Å². The van der Waals surface area contributed by atoms with Crippen molar-refractivity contribution in [2.75, 3.05) is 6.61 Å². The van der Waals surface area contributed by atoms with Gasteiger partial charge in [-0.3, -0.25) is 4.79 Å². The number of benzene rings is 2. The molecule has 0 radical (unpaired) electrons. The van der Waals surface area contributed by atoms with Gasteiger partial charge in [-0.1, -0.05) is 37.3 Å². The molecule has 0 aliphatic heterocycles. The number of hydrogen-bond acceptors (Lipinski definition) is 4. The quantitative estimate of drug-likeness (QED) is 0.800. The number of phenolic OH excluding ortho intramolecular Hbond substituents is 1. The third-order valence-electron chi connectivity index (χ3n) is 3.68. The number of phenols is 1. The molecule has 0 saturated heterocycles. The van der Waals surface area contributed by atoms with Crippen molar-refractivity contribution in [1.82, 2.24) is 5.32 Å². The molecule has 0 saturated carbocycles. The third-order valence-corrected chi connectivity index (χ3v) is 3.68. The number of ether oxygens (including phenoxy) is 1. The Morgan fingerprint density at radius 1 is 1.17 bits per heavy atom. The minimum Gasteiger partial charge on any atom is -0.508 e. The number of aromatic hydroxyl groups is 1. The molecular weight excluding hydrogens is 306 g/mol. The maximum atomic E-state index is 11.9. The average Bonchev–Trinajstić information content (AvgIpc) is 2.59. The molecule has 5 heteroatoms. The van der Waals surface area contributed by atoms with E-state index in [-0.39, 0.29) is 29.9 Å². The molecule has 2 aromatic rings. The van der Waals surface area contributed by atoms with E-state index in [1.165, 1.54) is 29.8 Å². The summed E-state index contributed by atoms with van der Waals surface area (Å²) in [6.07, 6.45) is 0.964. The van der Waals surface area contributed by atoms with Gasteiger partial charge >= 0.3 is 5.97 Å². The van der Waals surface area contributed by atoms with E-state index in [1.807, 2.05) is 31.2 Å². The average molecular weight is 327 g/mol. The number of nitrogens with one attached hydrogen (secondary N) is 1. The predicted octanol–water partition coefficient (Wildman–Crippen LogP) is 2.99. The molecule has 0 aromatic heterocycles. The fourth-order valence-corrected chi connectivity index (χ4v) is 2.26. The van der Waals surface area contributed by atoms with Gasteiger partial charge in [-0.15, -0.1) is 0 Å². The van der Waals surface area contributed by atoms with Crippen molar-refractivity contribution >= 4 is 11.9 Å². The minimum absolute atomic E-state index is 0.0296. The van der Waals surface area contributed by atoms with Crippen molar-refractivity contribution in [3.8, 4) is 5.75 Å². The van der Waals surface area contributed by atoms with E-state index < -0.39 is 5.97 Å². The summed E-state index contributed by atoms with van der Waals surface area (Å²) >= 11 is 0. The second kappa shape index (κ2) is 8.15. The van der Waals surface area contributed by atoms with Gasteiger partial charge in [-0.25, -0.2) is 4.79 Å². The largest absolute Gasteiger partial charge is 0.508 e. The third kappa shape index (κ3) is 4.84. The molecule has 0 aliphatic rings. The van der Waals surface area contributed by atoms with Crippen LogP contribution in [0.5, 0.6) is 5.75 Å². The summed E-state index contributed by atoms with van der Waals surface area (Å²) in [5, 5.41) is 12.1. The normalized spacial score (nSPS) is 11.6. The zero-order chi connectivity index (χ0) is 17.5. The van der Waals surface area contributed by atoms with E-state index in [2.05, 4.69) is 12.2 Å². The Balaban J connectivity index is 1.85. The van der Waals surface area contributed by atoms with E-state index >= 15 is 0 Å². The Labute approximate surface area is 141 Å². The molecule has 0 aliphatic carbocycles. The molecule has 1 amide bonds. The number of rotatable bonds is 6. The number of carbonyl (C=O) groups excluding carboxylic acids is 2. The van der Waals surface area contributed by atoms with Gasteiger partial charge in [-0.2, -0.15) is 0 Å². The van der Waals surface area contributed by atoms with Gasteiger partial charge in [0.05, 0.1) is 11.6 Å². The highest BCUT2D eigenvalue weighted by Crippen LogP contribution is 2.14. The highest BCUT2D eigenvalue weighted by atomic mass is 16.5. The molecule has 2 aromatic carbocycles. The van der Waals surface area contributed by atoms with Crippen molar-refractivity contribution < 1.29 is 19.4 Å². The molecule has 0 fully saturated rings. The molecular formula is C19H21NO4. The molecule has 0 spiro atoms. The van der Waals surface area contributed by atoms with E-state index in [0.717, 1.165) is 12.0 Å². The Bertz CT molecular complexity index is 710. The van der Waals surface area contributed by atoms with E-state index in [9.17, 15) is 14.7 Å². The zero-order valence-electron chi connectivity index (χ0n) is 13.8. The van der Waals surface area contributed by atoms with E-state index in [0.29, 0.717) is 0 Å². The molecule has 0 heterocycles. The second-order valence-electron chi connectivity index (χ2n) is 5.51. The molecule has 24 heavy (non-hydrogen) atoms. The van der Waals surface area contributed by atoms with Crippen molar-refractivity contribution in [1.29, 1.82) is 0 Å². The van der Waals surface area contributed by atoms with Crippen LogP contribution in [0.2, 0.25) is 0 Å². The highest BCUT2D eigenvalue weighted by molar-refractivity contribution is 5.91. The summed E-state index contributed by atoms with van der Waals surface area (Å²) in [6.45, 7) is 3.59. The molecule has 0 bridgehead atoms. The van der Waals surface area contributed by atoms with Gasteiger partial charge in [0.25, 0.3) is 5.91 Å². The van der Waals surface area contributed by atoms with Crippen molar-refractivity contribution in [3.63, 3.8) is 0 Å². The Hall–Kier alpha value is -2.82. The van der Waals surface area contributed by atoms with Crippen molar-refractivity contribution in [2.45, 2.75) is 26.3 Å². The first kappa shape index (κ1) is 17.5. The lowest BCUT2D eigenvalue weighted by molar-refractivity contribution is -0.124. The molecule has 2 rings (SSSR count). The van der Waals surface area contributed by atoms with Crippen LogP contribution in [0, 0.1) is 0 Å². The van der Waals surface area contributed by atoms with Crippen LogP contribution in [0.25, 0.3) is 0 Å². The molecule has 0 unspecified atom stereocenters. The van der Waals surface area contributed by atoms with Crippen LogP contribution in [-0.4, -0.2) is 23.6 Å². The van der Waals surface area contributed by atoms with Crippen LogP contribution < -0.4 is 5.32 Å². The van der Waals surface area contributed by atoms with E-state index in [4.69, 9.17) is 4.74 Å². The number of aryl methyl sites for hydroxylation is 1. The molecule has 126 valence electrons. The SMILES string of the molecule is CCc1ccc([C@H](C)NC(=O)COC(=O)c2cccc(O)c2)cc1. The lowest BCUT2D eigenvalue weighted by atomic mass is 10.1. The summed E-state index contributed by atoms with van der Waals surface area (Å²) in [4.78, 5) is 23.7. The topological polar surface area (TPSA) is 75.6 Å². The predicted molar refractivity (Wildman–Crippen MR) is 90.8 cm³/mol.